The standard InChI is InChI=1S/C17H14ClF4N7O2/c1-9(13-25-8-26-29(13)15-23-5-2-6-24-15)27-16(30)28-10-3-4-11(18)12(7-10)31-17(21,22)14(19)20/h2-9,14H,1H3,(H2,27,28,30). The van der Waals surface area contributed by atoms with E-state index in [1.165, 1.54) is 29.5 Å². The maximum atomic E-state index is 13.2. The summed E-state index contributed by atoms with van der Waals surface area (Å²) in [6.45, 7) is 1.61. The average Bonchev–Trinajstić information content (AvgIpc) is 3.21. The SMILES string of the molecule is CC(NC(=O)Nc1ccc(Cl)c(OC(F)(F)C(F)F)c1)c1ncnn1-c1ncccn1. The minimum atomic E-state index is -4.75. The van der Waals surface area contributed by atoms with Crippen LogP contribution in [-0.2, 0) is 0 Å². The van der Waals surface area contributed by atoms with Crippen molar-refractivity contribution in [1.29, 1.82) is 0 Å². The minimum Gasteiger partial charge on any atom is -0.427 e. The van der Waals surface area contributed by atoms with Gasteiger partial charge in [-0.15, -0.1) is 0 Å². The van der Waals surface area contributed by atoms with Crippen molar-refractivity contribution in [2.45, 2.75) is 25.5 Å². The maximum Gasteiger partial charge on any atom is 0.461 e. The molecule has 1 unspecified atom stereocenters. The molecule has 3 rings (SSSR count). The molecule has 1 aromatic carbocycles. The molecule has 0 spiro atoms. The summed E-state index contributed by atoms with van der Waals surface area (Å²) in [5.41, 5.74) is -0.0259. The Kier molecular flexibility index (Phi) is 6.53. The van der Waals surface area contributed by atoms with Crippen molar-refractivity contribution in [2.75, 3.05) is 5.32 Å². The van der Waals surface area contributed by atoms with Gasteiger partial charge in [-0.2, -0.15) is 27.3 Å². The number of anilines is 1. The first-order valence-corrected chi connectivity index (χ1v) is 8.94. The Morgan fingerprint density at radius 2 is 1.94 bits per heavy atom. The molecule has 0 aliphatic carbocycles. The fourth-order valence-electron chi connectivity index (χ4n) is 2.38. The first-order valence-electron chi connectivity index (χ1n) is 8.56. The molecule has 2 heterocycles. The number of nitrogens with zero attached hydrogens (tertiary/aromatic N) is 5. The number of hydrogen-bond acceptors (Lipinski definition) is 6. The second kappa shape index (κ2) is 9.12. The lowest BCUT2D eigenvalue weighted by molar-refractivity contribution is -0.253. The highest BCUT2D eigenvalue weighted by Gasteiger charge is 2.44. The molecule has 14 heteroatoms. The van der Waals surface area contributed by atoms with E-state index in [2.05, 4.69) is 35.4 Å². The molecular weight excluding hydrogens is 446 g/mol. The molecule has 0 aliphatic heterocycles. The molecule has 0 aliphatic rings. The Balaban J connectivity index is 1.69. The largest absolute Gasteiger partial charge is 0.461 e. The van der Waals surface area contributed by atoms with E-state index in [-0.39, 0.29) is 16.7 Å². The quantitative estimate of drug-likeness (QED) is 0.520. The van der Waals surface area contributed by atoms with Gasteiger partial charge in [0.1, 0.15) is 12.1 Å². The van der Waals surface area contributed by atoms with Gasteiger partial charge < -0.3 is 15.4 Å². The maximum absolute atomic E-state index is 13.2. The summed E-state index contributed by atoms with van der Waals surface area (Å²) in [6.07, 6.45) is -4.53. The van der Waals surface area contributed by atoms with Gasteiger partial charge in [0.05, 0.1) is 11.1 Å². The molecule has 0 bridgehead atoms. The van der Waals surface area contributed by atoms with Gasteiger partial charge in [-0.05, 0) is 25.1 Å². The third-order valence-electron chi connectivity index (χ3n) is 3.74. The highest BCUT2D eigenvalue weighted by Crippen LogP contribution is 2.34. The Morgan fingerprint density at radius 3 is 2.61 bits per heavy atom. The van der Waals surface area contributed by atoms with Crippen molar-refractivity contribution in [3.8, 4) is 11.7 Å². The molecule has 3 aromatic rings. The molecule has 2 amide bonds. The van der Waals surface area contributed by atoms with Crippen molar-refractivity contribution in [1.82, 2.24) is 30.0 Å². The van der Waals surface area contributed by atoms with Gasteiger partial charge >= 0.3 is 18.6 Å². The summed E-state index contributed by atoms with van der Waals surface area (Å²) < 4.78 is 56.3. The van der Waals surface area contributed by atoms with E-state index in [1.54, 1.807) is 13.0 Å². The predicted octanol–water partition coefficient (Wildman–Crippen LogP) is 3.83. The zero-order valence-corrected chi connectivity index (χ0v) is 16.4. The van der Waals surface area contributed by atoms with Crippen molar-refractivity contribution in [2.24, 2.45) is 0 Å². The fraction of sp³-hybridized carbons (Fsp3) is 0.235. The van der Waals surface area contributed by atoms with Crippen LogP contribution in [0.3, 0.4) is 0 Å². The lowest BCUT2D eigenvalue weighted by Crippen LogP contribution is -2.34. The molecule has 0 fully saturated rings. The lowest BCUT2D eigenvalue weighted by atomic mass is 10.3. The van der Waals surface area contributed by atoms with Crippen molar-refractivity contribution in [3.63, 3.8) is 0 Å². The summed E-state index contributed by atoms with van der Waals surface area (Å²) in [5, 5.41) is 8.61. The van der Waals surface area contributed by atoms with Gasteiger partial charge in [0.25, 0.3) is 5.95 Å². The number of urea groups is 1. The molecule has 2 aromatic heterocycles. The van der Waals surface area contributed by atoms with Crippen LogP contribution in [0.25, 0.3) is 5.95 Å². The van der Waals surface area contributed by atoms with Crippen LogP contribution >= 0.6 is 11.6 Å². The van der Waals surface area contributed by atoms with Crippen LogP contribution in [-0.4, -0.2) is 43.3 Å². The summed E-state index contributed by atoms with van der Waals surface area (Å²) in [6, 6.07) is 3.49. The molecule has 0 saturated carbocycles. The third kappa shape index (κ3) is 5.36. The first-order chi connectivity index (χ1) is 14.7. The van der Waals surface area contributed by atoms with Crippen molar-refractivity contribution in [3.05, 3.63) is 53.8 Å². The zero-order chi connectivity index (χ0) is 22.6. The molecule has 0 saturated heterocycles. The van der Waals surface area contributed by atoms with Crippen LogP contribution in [0, 0.1) is 0 Å². The second-order valence-electron chi connectivity index (χ2n) is 6.01. The van der Waals surface area contributed by atoms with Crippen LogP contribution in [0.1, 0.15) is 18.8 Å². The fourth-order valence-corrected chi connectivity index (χ4v) is 2.54. The van der Waals surface area contributed by atoms with E-state index in [9.17, 15) is 22.4 Å². The Labute approximate surface area is 177 Å². The summed E-state index contributed by atoms with van der Waals surface area (Å²) in [4.78, 5) is 24.5. The molecule has 164 valence electrons. The van der Waals surface area contributed by atoms with Crippen molar-refractivity contribution >= 4 is 23.3 Å². The minimum absolute atomic E-state index is 0.0259. The highest BCUT2D eigenvalue weighted by molar-refractivity contribution is 6.32. The number of rotatable bonds is 7. The van der Waals surface area contributed by atoms with Crippen LogP contribution in [0.4, 0.5) is 28.0 Å². The Hall–Kier alpha value is -3.48. The Bertz CT molecular complexity index is 1050. The van der Waals surface area contributed by atoms with Gasteiger partial charge in [-0.25, -0.2) is 19.7 Å². The van der Waals surface area contributed by atoms with Gasteiger partial charge in [0.2, 0.25) is 0 Å². The number of ether oxygens (including phenoxy) is 1. The number of aromatic nitrogens is 5. The third-order valence-corrected chi connectivity index (χ3v) is 4.05. The summed E-state index contributed by atoms with van der Waals surface area (Å²) in [5.74, 6) is -0.166. The number of hydrogen-bond donors (Lipinski definition) is 2. The Morgan fingerprint density at radius 1 is 1.23 bits per heavy atom. The van der Waals surface area contributed by atoms with Gasteiger partial charge in [-0.1, -0.05) is 11.6 Å². The summed E-state index contributed by atoms with van der Waals surface area (Å²) >= 11 is 5.71. The molecule has 0 radical (unpaired) electrons. The van der Waals surface area contributed by atoms with E-state index in [0.717, 1.165) is 12.1 Å². The summed E-state index contributed by atoms with van der Waals surface area (Å²) in [7, 11) is 0. The van der Waals surface area contributed by atoms with E-state index in [0.29, 0.717) is 5.82 Å². The number of alkyl halides is 4. The normalized spacial score (nSPS) is 12.5. The zero-order valence-electron chi connectivity index (χ0n) is 15.6. The highest BCUT2D eigenvalue weighted by atomic mass is 35.5. The van der Waals surface area contributed by atoms with Crippen molar-refractivity contribution < 1.29 is 27.1 Å². The molecular formula is C17H14ClF4N7O2. The van der Waals surface area contributed by atoms with E-state index < -0.39 is 30.4 Å². The average molecular weight is 460 g/mol. The number of carbonyl (C=O) groups excluding carboxylic acids is 1. The first kappa shape index (κ1) is 22.2. The smallest absolute Gasteiger partial charge is 0.427 e. The number of amides is 2. The molecule has 31 heavy (non-hydrogen) atoms. The number of nitrogens with one attached hydrogen (secondary N) is 2. The van der Waals surface area contributed by atoms with Gasteiger partial charge in [-0.3, -0.25) is 0 Å². The van der Waals surface area contributed by atoms with Crippen LogP contribution in [0.2, 0.25) is 5.02 Å². The molecule has 1 atom stereocenters. The molecule has 9 nitrogen and oxygen atoms in total. The lowest BCUT2D eigenvalue weighted by Gasteiger charge is -2.19. The van der Waals surface area contributed by atoms with Gasteiger partial charge in [0, 0.05) is 24.1 Å². The van der Waals surface area contributed by atoms with E-state index in [1.807, 2.05) is 0 Å². The molecule has 2 N–H and O–H groups in total. The van der Waals surface area contributed by atoms with Crippen LogP contribution in [0.15, 0.2) is 43.0 Å². The number of benzene rings is 1. The van der Waals surface area contributed by atoms with Crippen LogP contribution in [0.5, 0.6) is 5.75 Å². The van der Waals surface area contributed by atoms with E-state index in [4.69, 9.17) is 11.6 Å². The number of halogens is 5. The topological polar surface area (TPSA) is 107 Å². The van der Waals surface area contributed by atoms with Crippen LogP contribution < -0.4 is 15.4 Å². The predicted molar refractivity (Wildman–Crippen MR) is 101 cm³/mol. The van der Waals surface area contributed by atoms with Gasteiger partial charge in [0.15, 0.2) is 5.82 Å². The number of carbonyl (C=O) groups is 1. The monoisotopic (exact) mass is 459 g/mol. The van der Waals surface area contributed by atoms with E-state index >= 15 is 0 Å². The second-order valence-corrected chi connectivity index (χ2v) is 6.42.